The third-order valence-corrected chi connectivity index (χ3v) is 7.10. The summed E-state index contributed by atoms with van der Waals surface area (Å²) in [6.07, 6.45) is 2.11. The number of carbonyl (C=O) groups is 3. The Morgan fingerprint density at radius 3 is 2.53 bits per heavy atom. The van der Waals surface area contributed by atoms with Crippen molar-refractivity contribution in [2.45, 2.75) is 42.9 Å². The first-order chi connectivity index (χ1) is 16.4. The number of nitrogens with one attached hydrogen (secondary N) is 2. The van der Waals surface area contributed by atoms with Crippen molar-refractivity contribution in [3.05, 3.63) is 70.5 Å². The molecule has 2 aliphatic rings. The molecule has 1 saturated carbocycles. The minimum absolute atomic E-state index is 0.0807. The molecule has 2 N–H and O–H groups in total. The molecule has 4 amide bonds. The predicted molar refractivity (Wildman–Crippen MR) is 127 cm³/mol. The summed E-state index contributed by atoms with van der Waals surface area (Å²) in [5, 5.41) is 4.46. The number of nitrogens with zero attached hydrogens (tertiary/aromatic N) is 3. The number of carbonyl (C=O) groups excluding carboxylic acids is 3. The lowest BCUT2D eigenvalue weighted by Crippen LogP contribution is -2.49. The second-order valence-electron chi connectivity index (χ2n) is 8.34. The highest BCUT2D eigenvalue weighted by molar-refractivity contribution is 7.99. The van der Waals surface area contributed by atoms with Crippen LogP contribution in [-0.4, -0.2) is 38.2 Å². The zero-order valence-electron chi connectivity index (χ0n) is 18.5. The Labute approximate surface area is 199 Å². The van der Waals surface area contributed by atoms with Crippen molar-refractivity contribution in [2.24, 2.45) is 0 Å². The van der Waals surface area contributed by atoms with Gasteiger partial charge in [0.05, 0.1) is 16.7 Å². The van der Waals surface area contributed by atoms with E-state index in [1.165, 1.54) is 0 Å². The summed E-state index contributed by atoms with van der Waals surface area (Å²) < 4.78 is 1.64. The number of urea groups is 1. The van der Waals surface area contributed by atoms with Gasteiger partial charge in [-0.1, -0.05) is 61.2 Å². The number of amides is 4. The van der Waals surface area contributed by atoms with Gasteiger partial charge in [0.2, 0.25) is 5.91 Å². The summed E-state index contributed by atoms with van der Waals surface area (Å²) in [7, 11) is 0. The van der Waals surface area contributed by atoms with Gasteiger partial charge in [0.1, 0.15) is 5.54 Å². The van der Waals surface area contributed by atoms with E-state index in [2.05, 4.69) is 15.7 Å². The van der Waals surface area contributed by atoms with E-state index in [0.29, 0.717) is 28.0 Å². The molecule has 1 aromatic heterocycles. The topological polar surface area (TPSA) is 113 Å². The molecular weight excluding hydrogens is 454 g/mol. The Morgan fingerprint density at radius 1 is 1.12 bits per heavy atom. The summed E-state index contributed by atoms with van der Waals surface area (Å²) in [5.41, 5.74) is 2.28. The van der Waals surface area contributed by atoms with Crippen molar-refractivity contribution < 1.29 is 14.4 Å². The number of imide groups is 1. The molecule has 3 aromatic rings. The van der Waals surface area contributed by atoms with Crippen molar-refractivity contribution in [3.63, 3.8) is 0 Å². The van der Waals surface area contributed by atoms with E-state index < -0.39 is 23.4 Å². The maximum atomic E-state index is 13.2. The smallest absolute Gasteiger partial charge is 0.318 e. The largest absolute Gasteiger partial charge is 0.344 e. The van der Waals surface area contributed by atoms with Crippen LogP contribution >= 0.6 is 11.8 Å². The molecule has 1 aliphatic carbocycles. The van der Waals surface area contributed by atoms with Crippen molar-refractivity contribution in [2.75, 3.05) is 5.75 Å². The first kappa shape index (κ1) is 22.1. The molecule has 2 fully saturated rings. The van der Waals surface area contributed by atoms with E-state index in [0.717, 1.165) is 29.6 Å². The quantitative estimate of drug-likeness (QED) is 0.307. The number of rotatable bonds is 7. The van der Waals surface area contributed by atoms with E-state index in [9.17, 15) is 19.2 Å². The average molecular weight is 478 g/mol. The Bertz CT molecular complexity index is 1350. The first-order valence-corrected chi connectivity index (χ1v) is 12.1. The molecule has 9 nitrogen and oxygen atoms in total. The van der Waals surface area contributed by atoms with E-state index in [-0.39, 0.29) is 17.4 Å². The van der Waals surface area contributed by atoms with Gasteiger partial charge in [-0.25, -0.2) is 9.78 Å². The lowest BCUT2D eigenvalue weighted by atomic mass is 9.87. The molecule has 1 atom stereocenters. The van der Waals surface area contributed by atoms with Crippen LogP contribution in [0.3, 0.4) is 0 Å². The van der Waals surface area contributed by atoms with Crippen molar-refractivity contribution in [1.82, 2.24) is 25.3 Å². The Hall–Kier alpha value is -3.66. The van der Waals surface area contributed by atoms with Crippen molar-refractivity contribution in [3.8, 4) is 0 Å². The molecule has 2 aromatic carbocycles. The molecular formula is C24H23N5O4S. The van der Waals surface area contributed by atoms with E-state index in [4.69, 9.17) is 0 Å². The van der Waals surface area contributed by atoms with Gasteiger partial charge in [-0.2, -0.15) is 5.01 Å². The van der Waals surface area contributed by atoms with Crippen LogP contribution in [0.4, 0.5) is 4.79 Å². The fourth-order valence-electron chi connectivity index (χ4n) is 4.21. The van der Waals surface area contributed by atoms with Gasteiger partial charge in [-0.15, -0.1) is 0 Å². The van der Waals surface area contributed by atoms with Crippen LogP contribution in [0.5, 0.6) is 0 Å². The molecule has 1 unspecified atom stereocenters. The normalized spacial score (nSPS) is 20.0. The molecule has 174 valence electrons. The Balaban J connectivity index is 1.33. The second-order valence-corrected chi connectivity index (χ2v) is 9.28. The van der Waals surface area contributed by atoms with Gasteiger partial charge < -0.3 is 5.32 Å². The molecule has 5 rings (SSSR count). The van der Waals surface area contributed by atoms with Crippen LogP contribution in [0.1, 0.15) is 37.8 Å². The van der Waals surface area contributed by atoms with Gasteiger partial charge in [-0.3, -0.25) is 24.4 Å². The standard InChI is InChI=1S/C24H23N5O4S/c1-2-24(15-8-4-3-5-9-15)21(32)29(22(33)26-24)27-19(30)14-34-23-25-18-11-7-6-10-17(18)20(31)28(23)16-12-13-16/h3-11,16H,2,12-14H2,1H3,(H,26,33)(H,27,30). The third-order valence-electron chi connectivity index (χ3n) is 6.14. The minimum atomic E-state index is -1.23. The summed E-state index contributed by atoms with van der Waals surface area (Å²) in [6.45, 7) is 1.80. The van der Waals surface area contributed by atoms with Gasteiger partial charge in [0, 0.05) is 6.04 Å². The molecule has 0 radical (unpaired) electrons. The van der Waals surface area contributed by atoms with Crippen LogP contribution < -0.4 is 16.3 Å². The van der Waals surface area contributed by atoms with Crippen LogP contribution in [-0.2, 0) is 15.1 Å². The summed E-state index contributed by atoms with van der Waals surface area (Å²) in [4.78, 5) is 56.1. The van der Waals surface area contributed by atoms with Gasteiger partial charge >= 0.3 is 6.03 Å². The SMILES string of the molecule is CCC1(c2ccccc2)NC(=O)N(NC(=O)CSc2nc3ccccc3c(=O)n2C2CC2)C1=O. The highest BCUT2D eigenvalue weighted by Gasteiger charge is 2.52. The number of thioether (sulfide) groups is 1. The lowest BCUT2D eigenvalue weighted by molar-refractivity contribution is -0.138. The number of hydrogen-bond donors (Lipinski definition) is 2. The van der Waals surface area contributed by atoms with E-state index >= 15 is 0 Å². The van der Waals surface area contributed by atoms with E-state index in [1.807, 2.05) is 12.1 Å². The highest BCUT2D eigenvalue weighted by Crippen LogP contribution is 2.37. The number of hydrogen-bond acceptors (Lipinski definition) is 6. The van der Waals surface area contributed by atoms with Gasteiger partial charge in [0.15, 0.2) is 5.16 Å². The van der Waals surface area contributed by atoms with E-state index in [1.54, 1.807) is 54.0 Å². The second kappa shape index (κ2) is 8.60. The number of aromatic nitrogens is 2. The highest BCUT2D eigenvalue weighted by atomic mass is 32.2. The summed E-state index contributed by atoms with van der Waals surface area (Å²) in [6, 6.07) is 15.5. The lowest BCUT2D eigenvalue weighted by Gasteiger charge is -2.25. The zero-order chi connectivity index (χ0) is 23.9. The Morgan fingerprint density at radius 2 is 1.82 bits per heavy atom. The van der Waals surface area contributed by atoms with Gasteiger partial charge in [0.25, 0.3) is 11.5 Å². The number of para-hydroxylation sites is 1. The monoisotopic (exact) mass is 477 g/mol. The predicted octanol–water partition coefficient (Wildman–Crippen LogP) is 2.71. The molecule has 0 bridgehead atoms. The number of hydrazine groups is 1. The van der Waals surface area contributed by atoms with Crippen molar-refractivity contribution >= 4 is 40.5 Å². The molecule has 1 saturated heterocycles. The molecule has 0 spiro atoms. The molecule has 10 heteroatoms. The fraction of sp³-hybridized carbons (Fsp3) is 0.292. The first-order valence-electron chi connectivity index (χ1n) is 11.1. The zero-order valence-corrected chi connectivity index (χ0v) is 19.3. The van der Waals surface area contributed by atoms with Gasteiger partial charge in [-0.05, 0) is 37.0 Å². The molecule has 1 aliphatic heterocycles. The maximum Gasteiger partial charge on any atom is 0.344 e. The molecule has 2 heterocycles. The number of benzene rings is 2. The van der Waals surface area contributed by atoms with Crippen LogP contribution in [0, 0.1) is 0 Å². The average Bonchev–Trinajstić information content (AvgIpc) is 3.66. The summed E-state index contributed by atoms with van der Waals surface area (Å²) >= 11 is 1.11. The van der Waals surface area contributed by atoms with Crippen LogP contribution in [0.2, 0.25) is 0 Å². The Kier molecular flexibility index (Phi) is 5.60. The van der Waals surface area contributed by atoms with Crippen molar-refractivity contribution in [1.29, 1.82) is 0 Å². The molecule has 34 heavy (non-hydrogen) atoms. The summed E-state index contributed by atoms with van der Waals surface area (Å²) in [5.74, 6) is -1.19. The third kappa shape index (κ3) is 3.73. The maximum absolute atomic E-state index is 13.2. The number of fused-ring (bicyclic) bond motifs is 1. The van der Waals surface area contributed by atoms with Crippen LogP contribution in [0.25, 0.3) is 10.9 Å². The fourth-order valence-corrected chi connectivity index (χ4v) is 5.07. The van der Waals surface area contributed by atoms with Crippen LogP contribution in [0.15, 0.2) is 64.5 Å². The minimum Gasteiger partial charge on any atom is -0.318 e.